The number of para-hydroxylation sites is 2. The zero-order valence-corrected chi connectivity index (χ0v) is 23.0. The number of piperazine rings is 1. The van der Waals surface area contributed by atoms with Gasteiger partial charge in [-0.3, -0.25) is 19.3 Å². The van der Waals surface area contributed by atoms with Crippen molar-refractivity contribution in [2.75, 3.05) is 43.4 Å². The number of benzene rings is 2. The van der Waals surface area contributed by atoms with Crippen molar-refractivity contribution in [1.82, 2.24) is 15.1 Å². The number of amidine groups is 2. The molecule has 0 bridgehead atoms. The van der Waals surface area contributed by atoms with Crippen molar-refractivity contribution < 1.29 is 14.4 Å². The lowest BCUT2D eigenvalue weighted by Gasteiger charge is -2.36. The van der Waals surface area contributed by atoms with E-state index < -0.39 is 6.04 Å². The van der Waals surface area contributed by atoms with Crippen molar-refractivity contribution in [2.45, 2.75) is 38.6 Å². The van der Waals surface area contributed by atoms with Gasteiger partial charge in [0.2, 0.25) is 11.8 Å². The Kier molecular flexibility index (Phi) is 8.61. The highest BCUT2D eigenvalue weighted by Crippen LogP contribution is 2.35. The van der Waals surface area contributed by atoms with Crippen molar-refractivity contribution in [3.8, 4) is 0 Å². The molecule has 1 atom stereocenters. The number of carbonyl (C=O) groups is 3. The molecule has 1 N–H and O–H groups in total. The van der Waals surface area contributed by atoms with Gasteiger partial charge in [0, 0.05) is 50.4 Å². The van der Waals surface area contributed by atoms with Crippen LogP contribution in [0, 0.1) is 0 Å². The fourth-order valence-electron chi connectivity index (χ4n) is 5.01. The third-order valence-corrected chi connectivity index (χ3v) is 8.12. The van der Waals surface area contributed by atoms with Crippen LogP contribution in [0.2, 0.25) is 0 Å². The molecule has 3 aliphatic heterocycles. The minimum atomic E-state index is -0.610. The van der Waals surface area contributed by atoms with Crippen LogP contribution in [0.4, 0.5) is 11.4 Å². The number of nitrogens with zero attached hydrogens (tertiary/aromatic N) is 5. The van der Waals surface area contributed by atoms with Crippen molar-refractivity contribution in [2.24, 2.45) is 9.98 Å². The van der Waals surface area contributed by atoms with Gasteiger partial charge in [-0.25, -0.2) is 4.99 Å². The van der Waals surface area contributed by atoms with Crippen molar-refractivity contribution in [3.05, 3.63) is 60.2 Å². The quantitative estimate of drug-likeness (QED) is 0.484. The lowest BCUT2D eigenvalue weighted by atomic mass is 10.1. The van der Waals surface area contributed by atoms with Crippen LogP contribution < -0.4 is 10.2 Å². The predicted molar refractivity (Wildman–Crippen MR) is 156 cm³/mol. The maximum atomic E-state index is 13.2. The summed E-state index contributed by atoms with van der Waals surface area (Å²) >= 11 is 1.33. The van der Waals surface area contributed by atoms with Gasteiger partial charge in [-0.1, -0.05) is 55.4 Å². The van der Waals surface area contributed by atoms with Crippen LogP contribution in [0.1, 0.15) is 38.2 Å². The van der Waals surface area contributed by atoms with Gasteiger partial charge < -0.3 is 15.1 Å². The average Bonchev–Trinajstić information content (AvgIpc) is 3.31. The standard InChI is InChI=1S/C29H34N6O3S/c1-2-3-15-30-25(36)14-13-24-28(38)32-27-22-11-7-8-12-23(22)31-29(35(24)27)39-20-26(37)34-18-16-33(17-19-34)21-9-5-4-6-10-21/h4-12,24H,2-3,13-20H2,1H3,(H,30,36). The lowest BCUT2D eigenvalue weighted by Crippen LogP contribution is -2.49. The summed E-state index contributed by atoms with van der Waals surface area (Å²) < 4.78 is 0. The molecule has 0 aromatic heterocycles. The summed E-state index contributed by atoms with van der Waals surface area (Å²) in [6.07, 6.45) is 2.49. The summed E-state index contributed by atoms with van der Waals surface area (Å²) in [5, 5.41) is 3.49. The molecule has 0 aliphatic carbocycles. The smallest absolute Gasteiger partial charge is 0.270 e. The minimum Gasteiger partial charge on any atom is -0.368 e. The summed E-state index contributed by atoms with van der Waals surface area (Å²) in [5.41, 5.74) is 2.68. The average molecular weight is 547 g/mol. The number of nitrogens with one attached hydrogen (secondary N) is 1. The number of aliphatic imine (C=N–C) groups is 2. The Hall–Kier alpha value is -3.66. The van der Waals surface area contributed by atoms with E-state index in [1.165, 1.54) is 17.4 Å². The summed E-state index contributed by atoms with van der Waals surface area (Å²) in [5.74, 6) is 0.463. The molecular formula is C29H34N6O3S. The Bertz CT molecular complexity index is 1270. The number of carbonyl (C=O) groups excluding carboxylic acids is 3. The van der Waals surface area contributed by atoms with E-state index in [2.05, 4.69) is 34.3 Å². The molecule has 0 spiro atoms. The van der Waals surface area contributed by atoms with Crippen LogP contribution >= 0.6 is 11.8 Å². The molecule has 3 heterocycles. The third-order valence-electron chi connectivity index (χ3n) is 7.18. The van der Waals surface area contributed by atoms with Crippen LogP contribution in [0.5, 0.6) is 0 Å². The van der Waals surface area contributed by atoms with E-state index in [4.69, 9.17) is 4.99 Å². The van der Waals surface area contributed by atoms with Crippen LogP contribution in [0.25, 0.3) is 0 Å². The van der Waals surface area contributed by atoms with Crippen molar-refractivity contribution >= 4 is 51.9 Å². The van der Waals surface area contributed by atoms with Crippen LogP contribution in [0.15, 0.2) is 64.6 Å². The normalized spacial score (nSPS) is 18.3. The number of hydrogen-bond donors (Lipinski definition) is 1. The molecule has 10 heteroatoms. The fourth-order valence-corrected chi connectivity index (χ4v) is 5.96. The molecule has 1 unspecified atom stereocenters. The molecule has 0 saturated carbocycles. The maximum Gasteiger partial charge on any atom is 0.270 e. The molecule has 3 amide bonds. The van der Waals surface area contributed by atoms with Gasteiger partial charge in [0.05, 0.1) is 11.4 Å². The van der Waals surface area contributed by atoms with E-state index in [9.17, 15) is 14.4 Å². The molecular weight excluding hydrogens is 512 g/mol. The molecule has 204 valence electrons. The first-order chi connectivity index (χ1) is 19.0. The number of fused-ring (bicyclic) bond motifs is 3. The zero-order chi connectivity index (χ0) is 27.2. The first-order valence-corrected chi connectivity index (χ1v) is 14.6. The maximum absolute atomic E-state index is 13.2. The Balaban J connectivity index is 1.24. The van der Waals surface area contributed by atoms with Crippen LogP contribution in [0.3, 0.4) is 0 Å². The SMILES string of the molecule is CCCCNC(=O)CCC1C(=O)N=C2c3ccccc3N=C(SCC(=O)N3CCN(c4ccccc4)CC3)N21. The minimum absolute atomic E-state index is 0.0464. The second-order valence-electron chi connectivity index (χ2n) is 9.81. The van der Waals surface area contributed by atoms with Crippen LogP contribution in [-0.4, -0.2) is 83.0 Å². The zero-order valence-electron chi connectivity index (χ0n) is 22.2. The van der Waals surface area contributed by atoms with Crippen molar-refractivity contribution in [3.63, 3.8) is 0 Å². The highest BCUT2D eigenvalue weighted by molar-refractivity contribution is 8.14. The molecule has 39 heavy (non-hydrogen) atoms. The number of amides is 3. The molecule has 1 saturated heterocycles. The highest BCUT2D eigenvalue weighted by atomic mass is 32.2. The lowest BCUT2D eigenvalue weighted by molar-refractivity contribution is -0.128. The van der Waals surface area contributed by atoms with Gasteiger partial charge in [-0.05, 0) is 37.1 Å². The topological polar surface area (TPSA) is 97.7 Å². The van der Waals surface area contributed by atoms with Gasteiger partial charge in [0.15, 0.2) is 5.17 Å². The highest BCUT2D eigenvalue weighted by Gasteiger charge is 2.42. The second kappa shape index (κ2) is 12.5. The number of unbranched alkanes of at least 4 members (excludes halogenated alkanes) is 1. The molecule has 3 aliphatic rings. The van der Waals surface area contributed by atoms with E-state index >= 15 is 0 Å². The summed E-state index contributed by atoms with van der Waals surface area (Å²) in [6.45, 7) is 5.60. The Morgan fingerprint density at radius 3 is 2.51 bits per heavy atom. The first-order valence-electron chi connectivity index (χ1n) is 13.6. The van der Waals surface area contributed by atoms with Gasteiger partial charge in [-0.2, -0.15) is 4.99 Å². The number of thioether (sulfide) groups is 1. The summed E-state index contributed by atoms with van der Waals surface area (Å²) in [4.78, 5) is 53.7. The van der Waals surface area contributed by atoms with Gasteiger partial charge >= 0.3 is 0 Å². The first kappa shape index (κ1) is 26.9. The number of rotatable bonds is 9. The Morgan fingerprint density at radius 2 is 1.74 bits per heavy atom. The molecule has 2 aromatic carbocycles. The largest absolute Gasteiger partial charge is 0.368 e. The molecule has 9 nitrogen and oxygen atoms in total. The van der Waals surface area contributed by atoms with E-state index in [1.54, 1.807) is 0 Å². The predicted octanol–water partition coefficient (Wildman–Crippen LogP) is 3.42. The van der Waals surface area contributed by atoms with E-state index in [-0.39, 0.29) is 29.9 Å². The summed E-state index contributed by atoms with van der Waals surface area (Å²) in [7, 11) is 0. The van der Waals surface area contributed by atoms with Gasteiger partial charge in [-0.15, -0.1) is 0 Å². The third kappa shape index (κ3) is 6.16. The fraction of sp³-hybridized carbons (Fsp3) is 0.414. The van der Waals surface area contributed by atoms with Gasteiger partial charge in [0.25, 0.3) is 5.91 Å². The molecule has 1 fully saturated rings. The molecule has 0 radical (unpaired) electrons. The monoisotopic (exact) mass is 546 g/mol. The van der Waals surface area contributed by atoms with Crippen LogP contribution in [-0.2, 0) is 14.4 Å². The molecule has 2 aromatic rings. The van der Waals surface area contributed by atoms with E-state index in [0.717, 1.165) is 37.2 Å². The van der Waals surface area contributed by atoms with E-state index in [1.807, 2.05) is 52.3 Å². The van der Waals surface area contributed by atoms with E-state index in [0.29, 0.717) is 37.1 Å². The Labute approximate surface area is 233 Å². The Morgan fingerprint density at radius 1 is 1.00 bits per heavy atom. The number of hydrogen-bond acceptors (Lipinski definition) is 7. The summed E-state index contributed by atoms with van der Waals surface area (Å²) in [6, 6.07) is 17.2. The molecule has 5 rings (SSSR count). The van der Waals surface area contributed by atoms with Gasteiger partial charge in [0.1, 0.15) is 11.9 Å². The second-order valence-corrected chi connectivity index (χ2v) is 10.7. The number of anilines is 1. The van der Waals surface area contributed by atoms with Crippen molar-refractivity contribution in [1.29, 1.82) is 0 Å².